The van der Waals surface area contributed by atoms with E-state index < -0.39 is 0 Å². The summed E-state index contributed by atoms with van der Waals surface area (Å²) in [6.07, 6.45) is 2.12. The number of piperidine rings is 1. The molecule has 5 nitrogen and oxygen atoms in total. The van der Waals surface area contributed by atoms with Crippen LogP contribution >= 0.6 is 22.7 Å². The molecule has 1 aliphatic rings. The number of para-hydroxylation sites is 1. The Balaban J connectivity index is 1.39. The molecule has 7 heteroatoms. The Morgan fingerprint density at radius 2 is 2.10 bits per heavy atom. The molecule has 156 valence electrons. The van der Waals surface area contributed by atoms with Gasteiger partial charge in [0.1, 0.15) is 4.83 Å². The van der Waals surface area contributed by atoms with Crippen LogP contribution in [0.25, 0.3) is 20.4 Å². The number of carbonyl (C=O) groups excluding carboxylic acids is 1. The highest BCUT2D eigenvalue weighted by molar-refractivity contribution is 7.20. The minimum atomic E-state index is 0.150. The normalized spacial score (nSPS) is 17.5. The molecule has 1 aliphatic heterocycles. The fourth-order valence-electron chi connectivity index (χ4n) is 4.27. The van der Waals surface area contributed by atoms with E-state index in [1.54, 1.807) is 22.7 Å². The first kappa shape index (κ1) is 19.7. The highest BCUT2D eigenvalue weighted by Crippen LogP contribution is 2.35. The van der Waals surface area contributed by atoms with Crippen molar-refractivity contribution in [2.45, 2.75) is 46.1 Å². The van der Waals surface area contributed by atoms with Gasteiger partial charge in [0.2, 0.25) is 0 Å². The average molecular weight is 439 g/mol. The van der Waals surface area contributed by atoms with Crippen LogP contribution in [0.1, 0.15) is 53.0 Å². The van der Waals surface area contributed by atoms with Gasteiger partial charge in [-0.05, 0) is 43.9 Å². The van der Waals surface area contributed by atoms with Crippen LogP contribution in [0.4, 0.5) is 0 Å². The molecule has 1 saturated heterocycles. The van der Waals surface area contributed by atoms with Crippen molar-refractivity contribution in [2.24, 2.45) is 5.92 Å². The zero-order chi connectivity index (χ0) is 20.8. The van der Waals surface area contributed by atoms with E-state index in [9.17, 15) is 4.79 Å². The van der Waals surface area contributed by atoms with E-state index in [2.05, 4.69) is 41.8 Å². The maximum Gasteiger partial charge on any atom is 0.264 e. The second kappa shape index (κ2) is 7.78. The lowest BCUT2D eigenvalue weighted by atomic mass is 9.98. The van der Waals surface area contributed by atoms with Crippen LogP contribution in [-0.2, 0) is 6.54 Å². The molecule has 0 N–H and O–H groups in total. The van der Waals surface area contributed by atoms with Crippen molar-refractivity contribution in [1.82, 2.24) is 19.7 Å². The van der Waals surface area contributed by atoms with Crippen molar-refractivity contribution in [3.05, 3.63) is 45.9 Å². The predicted molar refractivity (Wildman–Crippen MR) is 125 cm³/mol. The van der Waals surface area contributed by atoms with Crippen molar-refractivity contribution in [2.75, 3.05) is 13.1 Å². The fraction of sp³-hybridized carbons (Fsp3) is 0.435. The zero-order valence-electron chi connectivity index (χ0n) is 17.6. The first-order chi connectivity index (χ1) is 14.5. The van der Waals surface area contributed by atoms with Gasteiger partial charge in [-0.3, -0.25) is 9.48 Å². The monoisotopic (exact) mass is 438 g/mol. The van der Waals surface area contributed by atoms with Gasteiger partial charge in [0.25, 0.3) is 5.91 Å². The number of fused-ring (bicyclic) bond motifs is 2. The van der Waals surface area contributed by atoms with Gasteiger partial charge in [-0.15, -0.1) is 22.7 Å². The summed E-state index contributed by atoms with van der Waals surface area (Å²) < 4.78 is 3.29. The van der Waals surface area contributed by atoms with E-state index in [-0.39, 0.29) is 5.91 Å². The molecular weight excluding hydrogens is 412 g/mol. The van der Waals surface area contributed by atoms with Gasteiger partial charge < -0.3 is 4.90 Å². The molecule has 0 unspecified atom stereocenters. The first-order valence-electron chi connectivity index (χ1n) is 10.6. The predicted octanol–water partition coefficient (Wildman–Crippen LogP) is 5.69. The van der Waals surface area contributed by atoms with Crippen LogP contribution in [0.2, 0.25) is 0 Å². The lowest BCUT2D eigenvalue weighted by molar-refractivity contribution is 0.0712. The largest absolute Gasteiger partial charge is 0.337 e. The maximum atomic E-state index is 13.4. The number of thiazole rings is 1. The molecule has 1 aromatic carbocycles. The molecule has 3 aromatic heterocycles. The summed E-state index contributed by atoms with van der Waals surface area (Å²) in [6.45, 7) is 8.87. The third-order valence-electron chi connectivity index (χ3n) is 5.72. The topological polar surface area (TPSA) is 51.0 Å². The second-order valence-corrected chi connectivity index (χ2v) is 10.7. The standard InChI is InChI=1S/C23H26N4OS2/c1-14(2)12-27-23-17(15(3)25-27)11-20(30-23)22(28)26-10-6-7-16(13-26)21-24-18-8-4-5-9-19(18)29-21/h4-5,8-9,11,14,16H,6-7,10,12-13H2,1-3H3/t16-/m0/s1. The number of carbonyl (C=O) groups is 1. The molecule has 1 atom stereocenters. The summed E-state index contributed by atoms with van der Waals surface area (Å²) in [4.78, 5) is 22.2. The van der Waals surface area contributed by atoms with Gasteiger partial charge in [-0.2, -0.15) is 5.10 Å². The number of hydrogen-bond donors (Lipinski definition) is 0. The molecule has 30 heavy (non-hydrogen) atoms. The van der Waals surface area contributed by atoms with Gasteiger partial charge in [0.05, 0.1) is 25.8 Å². The minimum absolute atomic E-state index is 0.150. The lowest BCUT2D eigenvalue weighted by Crippen LogP contribution is -2.38. The summed E-state index contributed by atoms with van der Waals surface area (Å²) in [6, 6.07) is 10.3. The number of aromatic nitrogens is 3. The molecule has 1 amide bonds. The quantitative estimate of drug-likeness (QED) is 0.411. The highest BCUT2D eigenvalue weighted by Gasteiger charge is 2.29. The molecule has 0 saturated carbocycles. The van der Waals surface area contributed by atoms with Crippen molar-refractivity contribution in [1.29, 1.82) is 0 Å². The van der Waals surface area contributed by atoms with Gasteiger partial charge in [0.15, 0.2) is 0 Å². The summed E-state index contributed by atoms with van der Waals surface area (Å²) in [7, 11) is 0. The molecule has 0 aliphatic carbocycles. The number of rotatable bonds is 4. The van der Waals surface area contributed by atoms with Crippen LogP contribution in [0.5, 0.6) is 0 Å². The van der Waals surface area contributed by atoms with E-state index in [0.29, 0.717) is 11.8 Å². The molecule has 4 aromatic rings. The second-order valence-electron chi connectivity index (χ2n) is 8.60. The zero-order valence-corrected chi connectivity index (χ0v) is 19.2. The Hall–Kier alpha value is -2.25. The number of likely N-dealkylation sites (tertiary alicyclic amines) is 1. The number of nitrogens with zero attached hydrogens (tertiary/aromatic N) is 4. The van der Waals surface area contributed by atoms with Crippen LogP contribution in [0.15, 0.2) is 30.3 Å². The van der Waals surface area contributed by atoms with Crippen molar-refractivity contribution in [3.8, 4) is 0 Å². The van der Waals surface area contributed by atoms with Crippen LogP contribution in [-0.4, -0.2) is 38.7 Å². The van der Waals surface area contributed by atoms with Crippen molar-refractivity contribution < 1.29 is 4.79 Å². The SMILES string of the molecule is Cc1nn(CC(C)C)c2sc(C(=O)N3CCC[C@H](c4nc5ccccc5s4)C3)cc12. The van der Waals surface area contributed by atoms with E-state index in [1.807, 2.05) is 24.0 Å². The van der Waals surface area contributed by atoms with Crippen molar-refractivity contribution in [3.63, 3.8) is 0 Å². The smallest absolute Gasteiger partial charge is 0.264 e. The molecule has 0 bridgehead atoms. The van der Waals surface area contributed by atoms with E-state index in [1.165, 1.54) is 4.70 Å². The number of hydrogen-bond acceptors (Lipinski definition) is 5. The Labute approximate surface area is 184 Å². The first-order valence-corrected chi connectivity index (χ1v) is 12.2. The third-order valence-corrected chi connectivity index (χ3v) is 8.06. The molecule has 1 fully saturated rings. The minimum Gasteiger partial charge on any atom is -0.337 e. The summed E-state index contributed by atoms with van der Waals surface area (Å²) >= 11 is 3.36. The number of amides is 1. The maximum absolute atomic E-state index is 13.4. The van der Waals surface area contributed by atoms with E-state index >= 15 is 0 Å². The third kappa shape index (κ3) is 3.54. The van der Waals surface area contributed by atoms with E-state index in [4.69, 9.17) is 4.98 Å². The fourth-order valence-corrected chi connectivity index (χ4v) is 6.50. The Morgan fingerprint density at radius 1 is 1.27 bits per heavy atom. The summed E-state index contributed by atoms with van der Waals surface area (Å²) in [5.41, 5.74) is 2.07. The summed E-state index contributed by atoms with van der Waals surface area (Å²) in [5, 5.41) is 6.95. The molecule has 0 radical (unpaired) electrons. The van der Waals surface area contributed by atoms with Gasteiger partial charge in [-0.1, -0.05) is 26.0 Å². The van der Waals surface area contributed by atoms with E-state index in [0.717, 1.165) is 63.8 Å². The molecule has 5 rings (SSSR count). The van der Waals surface area contributed by atoms with Crippen LogP contribution < -0.4 is 0 Å². The van der Waals surface area contributed by atoms with Crippen molar-refractivity contribution >= 4 is 49.0 Å². The number of benzene rings is 1. The number of aryl methyl sites for hydroxylation is 1. The van der Waals surface area contributed by atoms with Crippen LogP contribution in [0.3, 0.4) is 0 Å². The highest BCUT2D eigenvalue weighted by atomic mass is 32.1. The molecule has 4 heterocycles. The summed E-state index contributed by atoms with van der Waals surface area (Å²) in [5.74, 6) is 0.996. The Morgan fingerprint density at radius 3 is 2.90 bits per heavy atom. The van der Waals surface area contributed by atoms with Gasteiger partial charge in [-0.25, -0.2) is 4.98 Å². The molecule has 0 spiro atoms. The molecular formula is C23H26N4OS2. The Bertz CT molecular complexity index is 1190. The Kier molecular flexibility index (Phi) is 5.11. The van der Waals surface area contributed by atoms with Gasteiger partial charge in [0, 0.05) is 30.9 Å². The average Bonchev–Trinajstić information content (AvgIpc) is 3.43. The van der Waals surface area contributed by atoms with Crippen LogP contribution in [0, 0.1) is 12.8 Å². The van der Waals surface area contributed by atoms with Gasteiger partial charge >= 0.3 is 0 Å². The number of thiophene rings is 1. The lowest BCUT2D eigenvalue weighted by Gasteiger charge is -2.31.